The van der Waals surface area contributed by atoms with Crippen LogP contribution in [0.15, 0.2) is 69.9 Å². The molecule has 1 aromatic carbocycles. The molecule has 0 fully saturated rings. The first-order valence-corrected chi connectivity index (χ1v) is 10.8. The predicted molar refractivity (Wildman–Crippen MR) is 122 cm³/mol. The first-order chi connectivity index (χ1) is 16.1. The Bertz CT molecular complexity index is 1340. The van der Waals surface area contributed by atoms with E-state index < -0.39 is 18.0 Å². The van der Waals surface area contributed by atoms with Gasteiger partial charge in [0.2, 0.25) is 0 Å². The number of nitrogens with one attached hydrogen (secondary N) is 1. The van der Waals surface area contributed by atoms with Crippen LogP contribution in [0.2, 0.25) is 0 Å². The quantitative estimate of drug-likeness (QED) is 0.432. The zero-order chi connectivity index (χ0) is 22.8. The van der Waals surface area contributed by atoms with Gasteiger partial charge in [-0.1, -0.05) is 18.2 Å². The Morgan fingerprint density at radius 1 is 1.09 bits per heavy atom. The number of para-hydroxylation sites is 1. The van der Waals surface area contributed by atoms with Gasteiger partial charge in [-0.2, -0.15) is 0 Å². The lowest BCUT2D eigenvalue weighted by Gasteiger charge is -2.16. The second-order valence-electron chi connectivity index (χ2n) is 7.86. The highest BCUT2D eigenvalue weighted by Crippen LogP contribution is 2.38. The molecule has 0 saturated carbocycles. The van der Waals surface area contributed by atoms with Gasteiger partial charge in [0.25, 0.3) is 5.91 Å². The summed E-state index contributed by atoms with van der Waals surface area (Å²) in [7, 11) is 0. The third-order valence-corrected chi connectivity index (χ3v) is 5.68. The van der Waals surface area contributed by atoms with E-state index in [9.17, 15) is 9.59 Å². The topological polar surface area (TPSA) is 94.6 Å². The number of nitrogens with zero attached hydrogens (tertiary/aromatic N) is 1. The van der Waals surface area contributed by atoms with Crippen molar-refractivity contribution in [2.24, 2.45) is 0 Å². The van der Waals surface area contributed by atoms with E-state index in [-0.39, 0.29) is 6.54 Å². The molecule has 0 bridgehead atoms. The third-order valence-electron chi connectivity index (χ3n) is 5.68. The molecule has 3 heterocycles. The van der Waals surface area contributed by atoms with Crippen molar-refractivity contribution < 1.29 is 23.2 Å². The number of carbonyl (C=O) groups excluding carboxylic acids is 2. The number of furan rings is 2. The van der Waals surface area contributed by atoms with Crippen LogP contribution in [0.4, 0.5) is 0 Å². The van der Waals surface area contributed by atoms with Crippen molar-refractivity contribution in [1.29, 1.82) is 0 Å². The molecule has 5 rings (SSSR count). The van der Waals surface area contributed by atoms with E-state index in [0.717, 1.165) is 29.0 Å². The number of amides is 1. The van der Waals surface area contributed by atoms with Crippen LogP contribution in [-0.2, 0) is 22.5 Å². The van der Waals surface area contributed by atoms with Gasteiger partial charge in [0, 0.05) is 5.39 Å². The molecule has 1 aliphatic rings. The summed E-state index contributed by atoms with van der Waals surface area (Å²) in [5, 5.41) is 3.43. The van der Waals surface area contributed by atoms with Gasteiger partial charge in [0.05, 0.1) is 35.8 Å². The van der Waals surface area contributed by atoms with Crippen molar-refractivity contribution in [3.63, 3.8) is 0 Å². The van der Waals surface area contributed by atoms with Gasteiger partial charge in [-0.05, 0) is 67.3 Å². The van der Waals surface area contributed by atoms with Crippen molar-refractivity contribution in [3.8, 4) is 0 Å². The number of allylic oxidation sites excluding steroid dienone is 1. The van der Waals surface area contributed by atoms with E-state index in [1.54, 1.807) is 25.3 Å². The summed E-state index contributed by atoms with van der Waals surface area (Å²) in [4.78, 5) is 30.6. The number of hydrogen-bond donors (Lipinski definition) is 1. The molecule has 7 nitrogen and oxygen atoms in total. The zero-order valence-electron chi connectivity index (χ0n) is 18.0. The summed E-state index contributed by atoms with van der Waals surface area (Å²) in [6.07, 6.45) is 5.54. The molecule has 4 aromatic rings. The average molecular weight is 442 g/mol. The normalized spacial score (nSPS) is 14.9. The minimum atomic E-state index is -0.963. The monoisotopic (exact) mass is 442 g/mol. The third kappa shape index (κ3) is 4.17. The van der Waals surface area contributed by atoms with Gasteiger partial charge in [-0.15, -0.1) is 0 Å². The molecule has 0 radical (unpaired) electrons. The molecule has 0 spiro atoms. The molecule has 33 heavy (non-hydrogen) atoms. The first kappa shape index (κ1) is 20.8. The van der Waals surface area contributed by atoms with Crippen LogP contribution in [0.3, 0.4) is 0 Å². The van der Waals surface area contributed by atoms with E-state index in [0.29, 0.717) is 28.6 Å². The summed E-state index contributed by atoms with van der Waals surface area (Å²) in [5.74, 6) is 0.424. The van der Waals surface area contributed by atoms with Crippen molar-refractivity contribution in [2.75, 3.05) is 0 Å². The first-order valence-electron chi connectivity index (χ1n) is 10.8. The minimum Gasteiger partial charge on any atom is -0.467 e. The number of pyridine rings is 1. The van der Waals surface area contributed by atoms with Crippen LogP contribution in [0.1, 0.15) is 46.5 Å². The number of carbonyl (C=O) groups is 2. The molecule has 1 N–H and O–H groups in total. The fourth-order valence-corrected chi connectivity index (χ4v) is 4.06. The summed E-state index contributed by atoms with van der Waals surface area (Å²) in [6, 6.07) is 14.7. The Kier molecular flexibility index (Phi) is 5.52. The van der Waals surface area contributed by atoms with Gasteiger partial charge < -0.3 is 18.9 Å². The largest absolute Gasteiger partial charge is 0.467 e. The lowest BCUT2D eigenvalue weighted by atomic mass is 10.0. The lowest BCUT2D eigenvalue weighted by molar-refractivity contribution is -0.129. The number of aromatic nitrogens is 1. The molecule has 166 valence electrons. The van der Waals surface area contributed by atoms with Crippen molar-refractivity contribution in [1.82, 2.24) is 10.3 Å². The number of fused-ring (bicyclic) bond motifs is 2. The van der Waals surface area contributed by atoms with Crippen molar-refractivity contribution in [2.45, 2.75) is 32.4 Å². The fourth-order valence-electron chi connectivity index (χ4n) is 4.06. The Balaban J connectivity index is 1.44. The number of esters is 1. The molecule has 1 unspecified atom stereocenters. The van der Waals surface area contributed by atoms with Gasteiger partial charge in [-0.25, -0.2) is 9.78 Å². The molecule has 0 aliphatic heterocycles. The molecule has 1 atom stereocenters. The molecule has 7 heteroatoms. The smallest absolute Gasteiger partial charge is 0.339 e. The Morgan fingerprint density at radius 3 is 2.70 bits per heavy atom. The molecule has 1 aliphatic carbocycles. The predicted octanol–water partition coefficient (Wildman–Crippen LogP) is 4.77. The minimum absolute atomic E-state index is 0.224. The SMILES string of the molecule is CC(OC(=O)c1c2c(nc3ccccc13)/C(=C/c1ccco1)CC2)C(=O)NCc1ccco1. The zero-order valence-corrected chi connectivity index (χ0v) is 18.0. The van der Waals surface area contributed by atoms with E-state index >= 15 is 0 Å². The van der Waals surface area contributed by atoms with Crippen LogP contribution in [0.5, 0.6) is 0 Å². The average Bonchev–Trinajstić information content (AvgIpc) is 3.59. The Hall–Kier alpha value is -4.13. The molecular weight excluding hydrogens is 420 g/mol. The maximum atomic E-state index is 13.3. The van der Waals surface area contributed by atoms with Gasteiger partial charge in [0.1, 0.15) is 11.5 Å². The maximum absolute atomic E-state index is 13.3. The molecular formula is C26H22N2O5. The summed E-state index contributed by atoms with van der Waals surface area (Å²) < 4.78 is 16.3. The van der Waals surface area contributed by atoms with Crippen LogP contribution in [0.25, 0.3) is 22.6 Å². The lowest BCUT2D eigenvalue weighted by Crippen LogP contribution is -2.35. The second kappa shape index (κ2) is 8.78. The van der Waals surface area contributed by atoms with E-state index in [4.69, 9.17) is 18.6 Å². The maximum Gasteiger partial charge on any atom is 0.339 e. The van der Waals surface area contributed by atoms with Crippen LogP contribution in [-0.4, -0.2) is 23.0 Å². The van der Waals surface area contributed by atoms with Crippen LogP contribution >= 0.6 is 0 Å². The van der Waals surface area contributed by atoms with Crippen molar-refractivity contribution in [3.05, 3.63) is 89.4 Å². The molecule has 1 amide bonds. The van der Waals surface area contributed by atoms with Crippen LogP contribution < -0.4 is 5.32 Å². The number of benzene rings is 1. The van der Waals surface area contributed by atoms with Crippen LogP contribution in [0, 0.1) is 0 Å². The standard InChI is InChI=1S/C26H22N2O5/c1-16(25(29)27-15-19-7-5-13-32-19)33-26(30)23-20-8-2-3-9-22(20)28-24-17(10-11-21(23)24)14-18-6-4-12-31-18/h2-9,12-14,16H,10-11,15H2,1H3,(H,27,29)/b17-14+. The second-order valence-corrected chi connectivity index (χ2v) is 7.86. The fraction of sp³-hybridized carbons (Fsp3) is 0.192. The number of hydrogen-bond acceptors (Lipinski definition) is 6. The van der Waals surface area contributed by atoms with Gasteiger partial charge in [0.15, 0.2) is 6.10 Å². The molecule has 0 saturated heterocycles. The Labute approximate surface area is 190 Å². The molecule has 3 aromatic heterocycles. The van der Waals surface area contributed by atoms with E-state index in [1.165, 1.54) is 6.26 Å². The summed E-state index contributed by atoms with van der Waals surface area (Å²) in [5.41, 5.74) is 3.77. The Morgan fingerprint density at radius 2 is 1.91 bits per heavy atom. The van der Waals surface area contributed by atoms with Gasteiger partial charge >= 0.3 is 5.97 Å². The highest BCUT2D eigenvalue weighted by molar-refractivity contribution is 6.07. The summed E-state index contributed by atoms with van der Waals surface area (Å²) in [6.45, 7) is 1.78. The van der Waals surface area contributed by atoms with E-state index in [1.807, 2.05) is 42.5 Å². The van der Waals surface area contributed by atoms with Gasteiger partial charge in [-0.3, -0.25) is 4.79 Å². The number of rotatable bonds is 6. The van der Waals surface area contributed by atoms with Crippen molar-refractivity contribution >= 4 is 34.4 Å². The number of ether oxygens (including phenoxy) is 1. The highest BCUT2D eigenvalue weighted by Gasteiger charge is 2.29. The highest BCUT2D eigenvalue weighted by atomic mass is 16.5. The van der Waals surface area contributed by atoms with E-state index in [2.05, 4.69) is 5.32 Å². The summed E-state index contributed by atoms with van der Waals surface area (Å²) >= 11 is 0.